The van der Waals surface area contributed by atoms with E-state index in [-0.39, 0.29) is 6.92 Å². The van der Waals surface area contributed by atoms with Crippen molar-refractivity contribution in [3.05, 3.63) is 52.5 Å². The second kappa shape index (κ2) is 5.23. The maximum absolute atomic E-state index is 7.11. The van der Waals surface area contributed by atoms with Crippen LogP contribution in [-0.2, 0) is 11.3 Å². The highest BCUT2D eigenvalue weighted by Crippen LogP contribution is 2.29. The lowest BCUT2D eigenvalue weighted by Crippen LogP contribution is -2.23. The number of rotatable bonds is 2. The third kappa shape index (κ3) is 2.50. The summed E-state index contributed by atoms with van der Waals surface area (Å²) in [5.74, 6) is 1.30. The molecule has 0 aliphatic carbocycles. The molecule has 2 heterocycles. The van der Waals surface area contributed by atoms with E-state index in [2.05, 4.69) is 9.83 Å². The first kappa shape index (κ1) is 13.7. The summed E-state index contributed by atoms with van der Waals surface area (Å²) in [7, 11) is 0. The number of aromatic nitrogens is 1. The zero-order valence-electron chi connectivity index (χ0n) is 12.3. The largest absolute Gasteiger partial charge is 0.439 e. The number of hydrogen-bond acceptors (Lipinski definition) is 3. The molecule has 3 rings (SSSR count). The minimum Gasteiger partial charge on any atom is -0.439 e. The van der Waals surface area contributed by atoms with Gasteiger partial charge in [-0.25, -0.2) is 9.83 Å². The van der Waals surface area contributed by atoms with Gasteiger partial charge < -0.3 is 9.39 Å². The average molecular weight is 278 g/mol. The van der Waals surface area contributed by atoms with Crippen LogP contribution >= 0.6 is 0 Å². The van der Waals surface area contributed by atoms with Crippen LogP contribution < -0.4 is 10.2 Å². The maximum atomic E-state index is 7.11. The first-order valence-corrected chi connectivity index (χ1v) is 6.86. The highest BCUT2D eigenvalue weighted by atomic mass is 16.5. The van der Waals surface area contributed by atoms with Crippen molar-refractivity contribution in [2.45, 2.75) is 27.3 Å². The molecule has 0 radical (unpaired) electrons. The Morgan fingerprint density at radius 2 is 2.14 bits per heavy atom. The van der Waals surface area contributed by atoms with Crippen molar-refractivity contribution in [2.75, 3.05) is 0 Å². The van der Waals surface area contributed by atoms with Gasteiger partial charge in [0.05, 0.1) is 13.2 Å². The molecule has 0 fully saturated rings. The van der Waals surface area contributed by atoms with Crippen LogP contribution in [-0.4, -0.2) is 11.9 Å². The van der Waals surface area contributed by atoms with Gasteiger partial charge in [-0.05, 0) is 43.1 Å². The zero-order valence-corrected chi connectivity index (χ0v) is 12.3. The van der Waals surface area contributed by atoms with Gasteiger partial charge in [0, 0.05) is 11.3 Å². The van der Waals surface area contributed by atoms with Crippen molar-refractivity contribution in [1.82, 2.24) is 4.98 Å². The molecule has 1 aromatic heterocycles. The molecule has 2 aromatic rings. The molecule has 0 bridgehead atoms. The fourth-order valence-corrected chi connectivity index (χ4v) is 2.47. The number of ether oxygens (including phenoxy) is 1. The van der Waals surface area contributed by atoms with Gasteiger partial charge >= 0.3 is 6.92 Å². The molecule has 0 atom stereocenters. The average Bonchev–Trinajstić information content (AvgIpc) is 2.83. The SMILES string of the molecule is [C-]#[N+]c1cc(C)c(Oc2ccc3c(c2)COB3C)nc1C. The smallest absolute Gasteiger partial charge is 0.324 e. The standard InChI is InChI=1S/C16H15BN2O2/c1-10-7-15(18-4)11(2)19-16(10)21-13-5-6-14-12(8-13)9-20-17(14)3/h5-8H,9H2,1-3H3. The summed E-state index contributed by atoms with van der Waals surface area (Å²) in [5, 5.41) is 0. The number of benzene rings is 1. The van der Waals surface area contributed by atoms with Crippen molar-refractivity contribution in [3.63, 3.8) is 0 Å². The molecule has 1 aromatic carbocycles. The van der Waals surface area contributed by atoms with E-state index >= 15 is 0 Å². The van der Waals surface area contributed by atoms with E-state index in [1.807, 2.05) is 44.9 Å². The Labute approximate surface area is 124 Å². The highest BCUT2D eigenvalue weighted by Gasteiger charge is 2.23. The van der Waals surface area contributed by atoms with Gasteiger partial charge in [0.1, 0.15) is 5.75 Å². The van der Waals surface area contributed by atoms with E-state index in [0.29, 0.717) is 23.9 Å². The Bertz CT molecular complexity index is 753. The predicted molar refractivity (Wildman–Crippen MR) is 82.5 cm³/mol. The summed E-state index contributed by atoms with van der Waals surface area (Å²) < 4.78 is 11.5. The molecular formula is C16H15BN2O2. The van der Waals surface area contributed by atoms with Gasteiger partial charge in [-0.15, -0.1) is 0 Å². The molecule has 0 saturated heterocycles. The van der Waals surface area contributed by atoms with Crippen molar-refractivity contribution >= 4 is 18.1 Å². The van der Waals surface area contributed by atoms with Crippen LogP contribution in [0.3, 0.4) is 0 Å². The van der Waals surface area contributed by atoms with Crippen molar-refractivity contribution in [2.24, 2.45) is 0 Å². The van der Waals surface area contributed by atoms with E-state index in [0.717, 1.165) is 16.9 Å². The highest BCUT2D eigenvalue weighted by molar-refractivity contribution is 6.67. The molecule has 0 N–H and O–H groups in total. The molecule has 0 saturated carbocycles. The topological polar surface area (TPSA) is 35.7 Å². The van der Waals surface area contributed by atoms with Gasteiger partial charge in [0.25, 0.3) is 0 Å². The number of hydrogen-bond donors (Lipinski definition) is 0. The van der Waals surface area contributed by atoms with Crippen LogP contribution in [0.1, 0.15) is 16.8 Å². The van der Waals surface area contributed by atoms with Crippen LogP contribution in [0, 0.1) is 20.4 Å². The molecule has 0 amide bonds. The minimum absolute atomic E-state index is 0.147. The second-order valence-corrected chi connectivity index (χ2v) is 5.24. The summed E-state index contributed by atoms with van der Waals surface area (Å²) in [6.07, 6.45) is 0. The number of fused-ring (bicyclic) bond motifs is 1. The lowest BCUT2D eigenvalue weighted by Gasteiger charge is -2.10. The minimum atomic E-state index is 0.147. The summed E-state index contributed by atoms with van der Waals surface area (Å²) in [4.78, 5) is 7.83. The van der Waals surface area contributed by atoms with Gasteiger partial charge in [-0.2, -0.15) is 0 Å². The third-order valence-electron chi connectivity index (χ3n) is 3.71. The maximum Gasteiger partial charge on any atom is 0.324 e. The Morgan fingerprint density at radius 3 is 2.90 bits per heavy atom. The molecule has 0 unspecified atom stereocenters. The van der Waals surface area contributed by atoms with E-state index in [4.69, 9.17) is 16.0 Å². The first-order chi connectivity index (χ1) is 10.1. The molecule has 1 aliphatic rings. The van der Waals surface area contributed by atoms with E-state index in [1.54, 1.807) is 0 Å². The van der Waals surface area contributed by atoms with Crippen molar-refractivity contribution in [3.8, 4) is 11.6 Å². The molecule has 104 valence electrons. The van der Waals surface area contributed by atoms with E-state index in [9.17, 15) is 0 Å². The number of pyridine rings is 1. The summed E-state index contributed by atoms with van der Waals surface area (Å²) in [6.45, 7) is 13.6. The normalized spacial score (nSPS) is 13.0. The monoisotopic (exact) mass is 278 g/mol. The lowest BCUT2D eigenvalue weighted by atomic mass is 9.64. The van der Waals surface area contributed by atoms with Crippen molar-refractivity contribution < 1.29 is 9.39 Å². The Balaban J connectivity index is 1.91. The quantitative estimate of drug-likeness (QED) is 0.624. The predicted octanol–water partition coefficient (Wildman–Crippen LogP) is 3.40. The number of nitrogens with zero attached hydrogens (tertiary/aromatic N) is 2. The summed E-state index contributed by atoms with van der Waals surface area (Å²) >= 11 is 0. The zero-order chi connectivity index (χ0) is 15.0. The molecule has 21 heavy (non-hydrogen) atoms. The molecule has 0 spiro atoms. The Morgan fingerprint density at radius 1 is 1.33 bits per heavy atom. The molecule has 1 aliphatic heterocycles. The summed E-state index contributed by atoms with van der Waals surface area (Å²) in [5.41, 5.74) is 4.48. The van der Waals surface area contributed by atoms with Crippen LogP contribution in [0.4, 0.5) is 5.69 Å². The van der Waals surface area contributed by atoms with Gasteiger partial charge in [-0.3, -0.25) is 0 Å². The van der Waals surface area contributed by atoms with Crippen LogP contribution in [0.5, 0.6) is 11.6 Å². The van der Waals surface area contributed by atoms with E-state index in [1.165, 1.54) is 5.46 Å². The second-order valence-electron chi connectivity index (χ2n) is 5.24. The van der Waals surface area contributed by atoms with Crippen LogP contribution in [0.15, 0.2) is 24.3 Å². The Hall–Kier alpha value is -2.32. The summed E-state index contributed by atoms with van der Waals surface area (Å²) in [6, 6.07) is 7.78. The van der Waals surface area contributed by atoms with Crippen LogP contribution in [0.2, 0.25) is 6.82 Å². The number of aryl methyl sites for hydroxylation is 2. The molecule has 4 nitrogen and oxygen atoms in total. The Kier molecular flexibility index (Phi) is 3.40. The fourth-order valence-electron chi connectivity index (χ4n) is 2.47. The third-order valence-corrected chi connectivity index (χ3v) is 3.71. The van der Waals surface area contributed by atoms with Crippen LogP contribution in [0.25, 0.3) is 4.85 Å². The lowest BCUT2D eigenvalue weighted by molar-refractivity contribution is 0.333. The van der Waals surface area contributed by atoms with Gasteiger partial charge in [0.2, 0.25) is 11.6 Å². The van der Waals surface area contributed by atoms with Crippen molar-refractivity contribution in [1.29, 1.82) is 0 Å². The van der Waals surface area contributed by atoms with Gasteiger partial charge in [-0.1, -0.05) is 12.9 Å². The molecule has 5 heteroatoms. The van der Waals surface area contributed by atoms with E-state index < -0.39 is 0 Å². The fraction of sp³-hybridized carbons (Fsp3) is 0.250. The first-order valence-electron chi connectivity index (χ1n) is 6.86. The molecular weight excluding hydrogens is 263 g/mol. The van der Waals surface area contributed by atoms with Gasteiger partial charge in [0.15, 0.2) is 0 Å².